The van der Waals surface area contributed by atoms with Crippen molar-refractivity contribution in [3.8, 4) is 0 Å². The van der Waals surface area contributed by atoms with E-state index in [0.717, 1.165) is 32.2 Å². The summed E-state index contributed by atoms with van der Waals surface area (Å²) in [5.74, 6) is 0.310. The van der Waals surface area contributed by atoms with Gasteiger partial charge >= 0.3 is 6.03 Å². The summed E-state index contributed by atoms with van der Waals surface area (Å²) in [4.78, 5) is 24.5. The minimum absolute atomic E-state index is 0.0284. The fourth-order valence-electron chi connectivity index (χ4n) is 2.35. The van der Waals surface area contributed by atoms with E-state index in [1.807, 2.05) is 11.8 Å². The van der Waals surface area contributed by atoms with Crippen molar-refractivity contribution >= 4 is 11.9 Å². The number of likely N-dealkylation sites (tertiary alicyclic amines) is 1. The van der Waals surface area contributed by atoms with Gasteiger partial charge in [0.15, 0.2) is 0 Å². The maximum atomic E-state index is 12.1. The summed E-state index contributed by atoms with van der Waals surface area (Å²) in [6, 6.07) is -0.904. The minimum Gasteiger partial charge on any atom is -0.352 e. The topological polar surface area (TPSA) is 101 Å². The summed E-state index contributed by atoms with van der Waals surface area (Å²) >= 11 is 0. The van der Waals surface area contributed by atoms with Gasteiger partial charge < -0.3 is 21.7 Å². The highest BCUT2D eigenvalue weighted by molar-refractivity contribution is 5.81. The summed E-state index contributed by atoms with van der Waals surface area (Å²) in [5, 5.41) is 2.60. The van der Waals surface area contributed by atoms with Crippen molar-refractivity contribution in [3.05, 3.63) is 0 Å². The van der Waals surface area contributed by atoms with Crippen LogP contribution in [0.15, 0.2) is 0 Å². The largest absolute Gasteiger partial charge is 0.352 e. The van der Waals surface area contributed by atoms with Gasteiger partial charge in [-0.2, -0.15) is 0 Å². The molecule has 0 saturated carbocycles. The molecule has 0 aliphatic carbocycles. The molecule has 3 amide bonds. The average Bonchev–Trinajstić information content (AvgIpc) is 2.36. The molecule has 0 bridgehead atoms. The van der Waals surface area contributed by atoms with Crippen LogP contribution in [0.1, 0.15) is 32.6 Å². The molecule has 2 atom stereocenters. The number of carbonyl (C=O) groups is 2. The van der Waals surface area contributed by atoms with E-state index in [0.29, 0.717) is 13.1 Å². The van der Waals surface area contributed by atoms with Gasteiger partial charge in [0, 0.05) is 19.6 Å². The summed E-state index contributed by atoms with van der Waals surface area (Å²) in [5.41, 5.74) is 10.9. The molecule has 1 rings (SSSR count). The molecule has 0 aromatic heterocycles. The van der Waals surface area contributed by atoms with Crippen molar-refractivity contribution in [3.63, 3.8) is 0 Å². The fourth-order valence-corrected chi connectivity index (χ4v) is 2.35. The Bertz CT molecular complexity index is 296. The quantitative estimate of drug-likeness (QED) is 0.646. The summed E-state index contributed by atoms with van der Waals surface area (Å²) in [6.07, 6.45) is 3.59. The van der Waals surface area contributed by atoms with Crippen molar-refractivity contribution in [2.45, 2.75) is 38.6 Å². The Labute approximate surface area is 108 Å². The Morgan fingerprint density at radius 2 is 2.22 bits per heavy atom. The van der Waals surface area contributed by atoms with Crippen LogP contribution >= 0.6 is 0 Å². The number of nitrogens with two attached hydrogens (primary N) is 2. The zero-order valence-electron chi connectivity index (χ0n) is 11.0. The molecule has 1 heterocycles. The number of rotatable bonds is 5. The van der Waals surface area contributed by atoms with Gasteiger partial charge in [0.05, 0.1) is 6.04 Å². The van der Waals surface area contributed by atoms with Crippen LogP contribution in [-0.4, -0.2) is 42.5 Å². The second-order valence-corrected chi connectivity index (χ2v) is 4.93. The predicted octanol–water partition coefficient (Wildman–Crippen LogP) is 0.0207. The molecule has 1 unspecified atom stereocenters. The second kappa shape index (κ2) is 7.20. The van der Waals surface area contributed by atoms with Gasteiger partial charge in [0.25, 0.3) is 0 Å². The molecule has 0 spiro atoms. The first-order valence-electron chi connectivity index (χ1n) is 6.62. The predicted molar refractivity (Wildman–Crippen MR) is 69.8 cm³/mol. The van der Waals surface area contributed by atoms with Gasteiger partial charge in [-0.25, -0.2) is 4.79 Å². The Morgan fingerprint density at radius 1 is 1.50 bits per heavy atom. The highest BCUT2D eigenvalue weighted by Crippen LogP contribution is 2.17. The maximum Gasteiger partial charge on any atom is 0.312 e. The van der Waals surface area contributed by atoms with E-state index in [1.165, 1.54) is 0 Å². The van der Waals surface area contributed by atoms with E-state index in [-0.39, 0.29) is 11.8 Å². The molecule has 6 nitrogen and oxygen atoms in total. The first-order chi connectivity index (χ1) is 8.54. The monoisotopic (exact) mass is 256 g/mol. The summed E-state index contributed by atoms with van der Waals surface area (Å²) < 4.78 is 0. The average molecular weight is 256 g/mol. The van der Waals surface area contributed by atoms with E-state index >= 15 is 0 Å². The lowest BCUT2D eigenvalue weighted by Gasteiger charge is -2.34. The Morgan fingerprint density at radius 3 is 2.83 bits per heavy atom. The highest BCUT2D eigenvalue weighted by atomic mass is 16.2. The lowest BCUT2D eigenvalue weighted by Crippen LogP contribution is -2.49. The molecule has 1 aliphatic heterocycles. The fraction of sp³-hybridized carbons (Fsp3) is 0.833. The van der Waals surface area contributed by atoms with Gasteiger partial charge in [-0.05, 0) is 25.2 Å². The number of nitrogens with zero attached hydrogens (tertiary/aromatic N) is 1. The normalized spacial score (nSPS) is 21.4. The van der Waals surface area contributed by atoms with E-state index in [1.54, 1.807) is 0 Å². The molecule has 18 heavy (non-hydrogen) atoms. The van der Waals surface area contributed by atoms with Crippen LogP contribution in [0.4, 0.5) is 4.79 Å². The van der Waals surface area contributed by atoms with Crippen LogP contribution in [0.2, 0.25) is 0 Å². The number of primary amides is 1. The van der Waals surface area contributed by atoms with Gasteiger partial charge in [-0.3, -0.25) is 4.79 Å². The molecule has 0 radical (unpaired) electrons. The van der Waals surface area contributed by atoms with Crippen LogP contribution in [0.25, 0.3) is 0 Å². The number of nitrogens with one attached hydrogen (secondary N) is 1. The van der Waals surface area contributed by atoms with Crippen molar-refractivity contribution in [2.24, 2.45) is 17.4 Å². The molecule has 104 valence electrons. The van der Waals surface area contributed by atoms with E-state index in [2.05, 4.69) is 5.32 Å². The number of piperidine rings is 1. The highest BCUT2D eigenvalue weighted by Gasteiger charge is 2.26. The number of hydrogen-bond donors (Lipinski definition) is 3. The molecule has 6 heteroatoms. The lowest BCUT2D eigenvalue weighted by molar-refractivity contribution is -0.134. The molecule has 0 aromatic rings. The Hall–Kier alpha value is -1.30. The number of urea groups is 1. The molecule has 5 N–H and O–H groups in total. The Balaban J connectivity index is 2.42. The van der Waals surface area contributed by atoms with Gasteiger partial charge in [-0.1, -0.05) is 13.3 Å². The van der Waals surface area contributed by atoms with E-state index < -0.39 is 12.1 Å². The molecule has 0 aromatic carbocycles. The SMILES string of the molecule is CCC[C@@H](N)C(=O)N1CCCC(CNC(N)=O)C1. The van der Waals surface area contributed by atoms with Crippen molar-refractivity contribution in [2.75, 3.05) is 19.6 Å². The second-order valence-electron chi connectivity index (χ2n) is 4.93. The summed E-state index contributed by atoms with van der Waals surface area (Å²) in [7, 11) is 0. The minimum atomic E-state index is -0.513. The zero-order chi connectivity index (χ0) is 13.5. The van der Waals surface area contributed by atoms with Gasteiger partial charge in [-0.15, -0.1) is 0 Å². The van der Waals surface area contributed by atoms with Gasteiger partial charge in [0.1, 0.15) is 0 Å². The maximum absolute atomic E-state index is 12.1. The third-order valence-electron chi connectivity index (χ3n) is 3.31. The molecule has 1 saturated heterocycles. The summed E-state index contributed by atoms with van der Waals surface area (Å²) in [6.45, 7) is 3.98. The lowest BCUT2D eigenvalue weighted by atomic mass is 9.97. The number of carbonyl (C=O) groups excluding carboxylic acids is 2. The number of hydrogen-bond acceptors (Lipinski definition) is 3. The van der Waals surface area contributed by atoms with Crippen LogP contribution in [0, 0.1) is 5.92 Å². The van der Waals surface area contributed by atoms with E-state index in [4.69, 9.17) is 11.5 Å². The molecule has 1 aliphatic rings. The van der Waals surface area contributed by atoms with Crippen LogP contribution in [-0.2, 0) is 4.79 Å². The van der Waals surface area contributed by atoms with Crippen LogP contribution in [0.5, 0.6) is 0 Å². The third kappa shape index (κ3) is 4.52. The molecule has 1 fully saturated rings. The number of amides is 3. The van der Waals surface area contributed by atoms with Crippen molar-refractivity contribution < 1.29 is 9.59 Å². The van der Waals surface area contributed by atoms with Crippen molar-refractivity contribution in [1.82, 2.24) is 10.2 Å². The smallest absolute Gasteiger partial charge is 0.312 e. The standard InChI is InChI=1S/C12H24N4O2/c1-2-4-10(13)11(17)16-6-3-5-9(8-16)7-15-12(14)18/h9-10H,2-8,13H2,1H3,(H3,14,15,18)/t9?,10-/m1/s1. The van der Waals surface area contributed by atoms with Gasteiger partial charge in [0.2, 0.25) is 5.91 Å². The van der Waals surface area contributed by atoms with Crippen LogP contribution in [0.3, 0.4) is 0 Å². The van der Waals surface area contributed by atoms with Crippen molar-refractivity contribution in [1.29, 1.82) is 0 Å². The first kappa shape index (κ1) is 14.8. The third-order valence-corrected chi connectivity index (χ3v) is 3.31. The molecular formula is C12H24N4O2. The van der Waals surface area contributed by atoms with Crippen LogP contribution < -0.4 is 16.8 Å². The van der Waals surface area contributed by atoms with E-state index in [9.17, 15) is 9.59 Å². The molecular weight excluding hydrogens is 232 g/mol. The first-order valence-corrected chi connectivity index (χ1v) is 6.62. The zero-order valence-corrected chi connectivity index (χ0v) is 11.0. The Kier molecular flexibility index (Phi) is 5.91.